The maximum absolute atomic E-state index is 12.8. The van der Waals surface area contributed by atoms with Gasteiger partial charge in [0.2, 0.25) is 0 Å². The summed E-state index contributed by atoms with van der Waals surface area (Å²) < 4.78 is 30.8. The smallest absolute Gasteiger partial charge is 0.316 e. The Kier molecular flexibility index (Phi) is 8.52. The molecule has 0 bridgehead atoms. The summed E-state index contributed by atoms with van der Waals surface area (Å²) >= 11 is 1.51. The van der Waals surface area contributed by atoms with Gasteiger partial charge in [0, 0.05) is 24.1 Å². The molecule has 1 aromatic carbocycles. The summed E-state index contributed by atoms with van der Waals surface area (Å²) in [4.78, 5) is 20.1. The van der Waals surface area contributed by atoms with Crippen LogP contribution in [0.4, 0.5) is 5.69 Å². The fourth-order valence-electron chi connectivity index (χ4n) is 4.11. The molecule has 1 aliphatic rings. The van der Waals surface area contributed by atoms with Gasteiger partial charge in [-0.3, -0.25) is 4.79 Å². The van der Waals surface area contributed by atoms with Crippen molar-refractivity contribution in [2.75, 3.05) is 13.2 Å². The quantitative estimate of drug-likeness (QED) is 0.329. The van der Waals surface area contributed by atoms with Gasteiger partial charge >= 0.3 is 10.5 Å². The van der Waals surface area contributed by atoms with Crippen LogP contribution in [0.25, 0.3) is 22.2 Å². The fraction of sp³-hybridized carbons (Fsp3) is 0.333. The van der Waals surface area contributed by atoms with Crippen LogP contribution in [0.2, 0.25) is 0 Å². The van der Waals surface area contributed by atoms with Gasteiger partial charge in [-0.05, 0) is 52.3 Å². The number of aromatic nitrogens is 2. The second kappa shape index (κ2) is 11.8. The third-order valence-electron chi connectivity index (χ3n) is 6.01. The van der Waals surface area contributed by atoms with E-state index in [1.165, 1.54) is 23.1 Å². The summed E-state index contributed by atoms with van der Waals surface area (Å²) in [5.41, 5.74) is 4.31. The number of H-pyrrole nitrogens is 1. The number of hydrogen-bond acceptors (Lipinski definition) is 7. The SMILES string of the molecule is CC(C)(C)c1ccccc1.O=C(NCC1CCCO1)c1[nH]c2ncc(N=S(=O)=O)cc2c1-c1ccsc1. The molecular weight excluding hydrogens is 508 g/mol. The van der Waals surface area contributed by atoms with Gasteiger partial charge in [-0.25, -0.2) is 4.98 Å². The first-order valence-electron chi connectivity index (χ1n) is 12.0. The van der Waals surface area contributed by atoms with E-state index in [2.05, 4.69) is 70.8 Å². The highest BCUT2D eigenvalue weighted by Gasteiger charge is 2.22. The molecule has 1 fully saturated rings. The molecule has 194 valence electrons. The van der Waals surface area contributed by atoms with Gasteiger partial charge < -0.3 is 15.0 Å². The molecule has 0 radical (unpaired) electrons. The van der Waals surface area contributed by atoms with Crippen molar-refractivity contribution in [3.05, 3.63) is 70.7 Å². The van der Waals surface area contributed by atoms with Crippen LogP contribution in [0.5, 0.6) is 0 Å². The van der Waals surface area contributed by atoms with Crippen molar-refractivity contribution in [2.45, 2.75) is 45.1 Å². The second-order valence-electron chi connectivity index (χ2n) is 9.75. The van der Waals surface area contributed by atoms with Crippen molar-refractivity contribution in [1.82, 2.24) is 15.3 Å². The van der Waals surface area contributed by atoms with E-state index in [4.69, 9.17) is 4.74 Å². The van der Waals surface area contributed by atoms with E-state index in [0.717, 1.165) is 25.0 Å². The monoisotopic (exact) mass is 538 g/mol. The van der Waals surface area contributed by atoms with E-state index in [-0.39, 0.29) is 17.7 Å². The third-order valence-corrected chi connectivity index (χ3v) is 7.05. The number of fused-ring (bicyclic) bond motifs is 1. The van der Waals surface area contributed by atoms with Crippen molar-refractivity contribution >= 4 is 44.5 Å². The number of thiophene rings is 1. The Bertz CT molecular complexity index is 1470. The highest BCUT2D eigenvalue weighted by Crippen LogP contribution is 2.35. The van der Waals surface area contributed by atoms with Crippen LogP contribution in [0.3, 0.4) is 0 Å². The van der Waals surface area contributed by atoms with Crippen molar-refractivity contribution < 1.29 is 17.9 Å². The number of pyridine rings is 1. The number of amides is 1. The molecule has 4 heterocycles. The predicted octanol–water partition coefficient (Wildman–Crippen LogP) is 5.88. The highest BCUT2D eigenvalue weighted by molar-refractivity contribution is 7.61. The minimum Gasteiger partial charge on any atom is -0.376 e. The Balaban J connectivity index is 0.000000270. The van der Waals surface area contributed by atoms with Gasteiger partial charge in [-0.2, -0.15) is 19.8 Å². The maximum atomic E-state index is 12.8. The van der Waals surface area contributed by atoms with E-state index >= 15 is 0 Å². The molecule has 5 rings (SSSR count). The lowest BCUT2D eigenvalue weighted by Gasteiger charge is -2.18. The summed E-state index contributed by atoms with van der Waals surface area (Å²) in [5.74, 6) is -0.254. The average molecular weight is 539 g/mol. The third kappa shape index (κ3) is 6.91. The first kappa shape index (κ1) is 26.7. The topological polar surface area (TPSA) is 114 Å². The number of nitrogens with zero attached hydrogens (tertiary/aromatic N) is 2. The molecule has 0 spiro atoms. The van der Waals surface area contributed by atoms with E-state index < -0.39 is 10.5 Å². The normalized spacial score (nSPS) is 15.2. The van der Waals surface area contributed by atoms with Gasteiger partial charge in [-0.15, -0.1) is 4.36 Å². The number of carbonyl (C=O) groups is 1. The molecule has 0 aliphatic carbocycles. The van der Waals surface area contributed by atoms with Crippen LogP contribution in [-0.2, 0) is 20.7 Å². The first-order chi connectivity index (χ1) is 17.7. The van der Waals surface area contributed by atoms with Gasteiger partial charge in [0.1, 0.15) is 17.0 Å². The molecule has 1 saturated heterocycles. The van der Waals surface area contributed by atoms with E-state index in [1.807, 2.05) is 16.8 Å². The molecule has 1 unspecified atom stereocenters. The zero-order valence-corrected chi connectivity index (χ0v) is 22.7. The van der Waals surface area contributed by atoms with Crippen LogP contribution in [0.15, 0.2) is 63.8 Å². The molecule has 37 heavy (non-hydrogen) atoms. The van der Waals surface area contributed by atoms with Crippen molar-refractivity contribution in [1.29, 1.82) is 0 Å². The van der Waals surface area contributed by atoms with E-state index in [9.17, 15) is 13.2 Å². The van der Waals surface area contributed by atoms with Gasteiger partial charge in [0.15, 0.2) is 0 Å². The fourth-order valence-corrected chi connectivity index (χ4v) is 5.03. The Morgan fingerprint density at radius 3 is 2.62 bits per heavy atom. The molecule has 3 aromatic heterocycles. The summed E-state index contributed by atoms with van der Waals surface area (Å²) in [6, 6.07) is 14.1. The van der Waals surface area contributed by atoms with Crippen LogP contribution in [-0.4, -0.2) is 43.5 Å². The number of hydrogen-bond donors (Lipinski definition) is 2. The number of benzene rings is 1. The first-order valence-corrected chi connectivity index (χ1v) is 14.0. The van der Waals surface area contributed by atoms with E-state index in [1.54, 1.807) is 6.07 Å². The van der Waals surface area contributed by atoms with Crippen LogP contribution in [0.1, 0.15) is 49.7 Å². The molecule has 2 N–H and O–H groups in total. The summed E-state index contributed by atoms with van der Waals surface area (Å²) in [7, 11) is -2.58. The second-order valence-corrected chi connectivity index (χ2v) is 11.1. The van der Waals surface area contributed by atoms with Gasteiger partial charge in [0.05, 0.1) is 12.3 Å². The van der Waals surface area contributed by atoms with Gasteiger partial charge in [-0.1, -0.05) is 51.1 Å². The number of carbonyl (C=O) groups excluding carboxylic acids is 1. The number of rotatable bonds is 5. The minimum absolute atomic E-state index is 0.0403. The van der Waals surface area contributed by atoms with Crippen LogP contribution >= 0.6 is 11.3 Å². The lowest BCUT2D eigenvalue weighted by atomic mass is 9.87. The van der Waals surface area contributed by atoms with Gasteiger partial charge in [0.25, 0.3) is 5.91 Å². The molecule has 1 amide bonds. The molecule has 4 aromatic rings. The molecule has 8 nitrogen and oxygen atoms in total. The van der Waals surface area contributed by atoms with Crippen LogP contribution in [0, 0.1) is 0 Å². The standard InChI is InChI=1S/C17H16N4O4S2.C10H14/c22-17(19-8-12-2-1-4-25-12)15-14(10-3-5-26-9-10)13-6-11(21-27(23)24)7-18-16(13)20-15;1-10(2,3)9-7-5-4-6-8-9/h3,5-7,9,12H,1-2,4,8H2,(H,18,20)(H,19,22);4-8H,1-3H3. The molecule has 10 heteroatoms. The molecule has 0 saturated carbocycles. The van der Waals surface area contributed by atoms with Crippen LogP contribution < -0.4 is 5.32 Å². The largest absolute Gasteiger partial charge is 0.376 e. The Morgan fingerprint density at radius 1 is 1.24 bits per heavy atom. The Hall–Kier alpha value is -3.34. The van der Waals surface area contributed by atoms with Crippen molar-refractivity contribution in [2.24, 2.45) is 4.36 Å². The molecule has 1 atom stereocenters. The summed E-state index contributed by atoms with van der Waals surface area (Å²) in [6.45, 7) is 7.85. The lowest BCUT2D eigenvalue weighted by Crippen LogP contribution is -2.32. The molecule has 1 aliphatic heterocycles. The average Bonchev–Trinajstić information content (AvgIpc) is 3.63. The van der Waals surface area contributed by atoms with E-state index in [0.29, 0.717) is 34.3 Å². The zero-order valence-electron chi connectivity index (χ0n) is 21.0. The summed E-state index contributed by atoms with van der Waals surface area (Å²) in [6.07, 6.45) is 3.33. The number of ether oxygens (including phenoxy) is 1. The molecular formula is C27H30N4O4S2. The zero-order chi connectivity index (χ0) is 26.4. The Morgan fingerprint density at radius 2 is 2.03 bits per heavy atom. The highest BCUT2D eigenvalue weighted by atomic mass is 32.2. The maximum Gasteiger partial charge on any atom is 0.316 e. The number of nitrogens with one attached hydrogen (secondary N) is 2. The van der Waals surface area contributed by atoms with Crippen molar-refractivity contribution in [3.8, 4) is 11.1 Å². The minimum atomic E-state index is -2.58. The lowest BCUT2D eigenvalue weighted by molar-refractivity contribution is 0.0855. The van der Waals surface area contributed by atoms with Crippen molar-refractivity contribution in [3.63, 3.8) is 0 Å². The Labute approximate surface area is 221 Å². The summed E-state index contributed by atoms with van der Waals surface area (Å²) in [5, 5.41) is 7.39. The number of aromatic amines is 1. The predicted molar refractivity (Wildman–Crippen MR) is 147 cm³/mol.